The van der Waals surface area contributed by atoms with Gasteiger partial charge in [-0.25, -0.2) is 0 Å². The van der Waals surface area contributed by atoms with E-state index in [2.05, 4.69) is 23.1 Å². The van der Waals surface area contributed by atoms with Crippen LogP contribution in [0.3, 0.4) is 0 Å². The van der Waals surface area contributed by atoms with Crippen LogP contribution >= 0.6 is 0 Å². The van der Waals surface area contributed by atoms with Gasteiger partial charge in [0, 0.05) is 19.5 Å². The van der Waals surface area contributed by atoms with Crippen molar-refractivity contribution in [1.29, 1.82) is 0 Å². The predicted molar refractivity (Wildman–Crippen MR) is 149 cm³/mol. The number of rotatable bonds is 13. The second kappa shape index (κ2) is 13.2. The number of methoxy groups -OCH3 is 4. The molecule has 0 aromatic heterocycles. The summed E-state index contributed by atoms with van der Waals surface area (Å²) in [7, 11) is 6.61. The molecule has 0 amide bonds. The maximum absolute atomic E-state index is 10.8. The normalized spacial score (nSPS) is 14.8. The fraction of sp³-hybridized carbons (Fsp3) is 0.387. The molecule has 8 heteroatoms. The third kappa shape index (κ3) is 6.75. The largest absolute Gasteiger partial charge is 0.494 e. The lowest BCUT2D eigenvalue weighted by molar-refractivity contribution is -0.136. The molecule has 0 saturated heterocycles. The van der Waals surface area contributed by atoms with Gasteiger partial charge in [-0.3, -0.25) is 9.69 Å². The molecule has 0 fully saturated rings. The summed E-state index contributed by atoms with van der Waals surface area (Å²) >= 11 is 0. The van der Waals surface area contributed by atoms with E-state index in [0.717, 1.165) is 48.6 Å². The molecule has 1 aliphatic rings. The molecule has 39 heavy (non-hydrogen) atoms. The molecule has 0 saturated carbocycles. The summed E-state index contributed by atoms with van der Waals surface area (Å²) in [6.07, 6.45) is 2.38. The zero-order valence-electron chi connectivity index (χ0n) is 23.1. The van der Waals surface area contributed by atoms with Crippen LogP contribution in [0.25, 0.3) is 0 Å². The smallest absolute Gasteiger partial charge is 0.303 e. The monoisotopic (exact) mass is 535 g/mol. The van der Waals surface area contributed by atoms with Crippen LogP contribution < -0.4 is 23.7 Å². The zero-order valence-corrected chi connectivity index (χ0v) is 23.1. The van der Waals surface area contributed by atoms with Crippen molar-refractivity contribution < 1.29 is 33.6 Å². The highest BCUT2D eigenvalue weighted by Crippen LogP contribution is 2.42. The SMILES string of the molecule is COc1ccc(C2c3cc(OC)c(OC)cc3CCN2CCCOc2ccc(CCC(=O)O)cc2)cc1OC. The number of hydrogen-bond donors (Lipinski definition) is 1. The summed E-state index contributed by atoms with van der Waals surface area (Å²) < 4.78 is 28.3. The Kier molecular flexibility index (Phi) is 9.54. The third-order valence-electron chi connectivity index (χ3n) is 7.11. The molecule has 3 aromatic carbocycles. The molecule has 4 rings (SSSR count). The minimum Gasteiger partial charge on any atom is -0.494 e. The Morgan fingerprint density at radius 3 is 2.21 bits per heavy atom. The highest BCUT2D eigenvalue weighted by Gasteiger charge is 2.31. The van der Waals surface area contributed by atoms with Crippen molar-refractivity contribution >= 4 is 5.97 Å². The fourth-order valence-corrected chi connectivity index (χ4v) is 5.11. The minimum atomic E-state index is -0.792. The van der Waals surface area contributed by atoms with Crippen molar-refractivity contribution in [1.82, 2.24) is 4.90 Å². The van der Waals surface area contributed by atoms with E-state index in [1.54, 1.807) is 28.4 Å². The van der Waals surface area contributed by atoms with E-state index in [9.17, 15) is 4.79 Å². The first-order valence-electron chi connectivity index (χ1n) is 13.1. The van der Waals surface area contributed by atoms with Crippen LogP contribution in [-0.4, -0.2) is 64.1 Å². The standard InChI is InChI=1S/C31H37NO7/c1-35-26-12-9-23(19-27(26)36-2)31-25-20-29(38-4)28(37-3)18-22(25)14-16-32(31)15-5-17-39-24-10-6-21(7-11-24)8-13-30(33)34/h6-7,9-12,18-20,31H,5,8,13-17H2,1-4H3,(H,33,34). The average Bonchev–Trinajstić information content (AvgIpc) is 2.97. The van der Waals surface area contributed by atoms with Gasteiger partial charge < -0.3 is 28.8 Å². The quantitative estimate of drug-likeness (QED) is 0.301. The van der Waals surface area contributed by atoms with Crippen molar-refractivity contribution in [3.05, 3.63) is 76.9 Å². The Morgan fingerprint density at radius 2 is 1.54 bits per heavy atom. The first-order valence-corrected chi connectivity index (χ1v) is 13.1. The molecule has 0 spiro atoms. The average molecular weight is 536 g/mol. The molecule has 0 radical (unpaired) electrons. The molecule has 1 heterocycles. The van der Waals surface area contributed by atoms with E-state index in [1.165, 1.54) is 11.1 Å². The van der Waals surface area contributed by atoms with Gasteiger partial charge in [-0.2, -0.15) is 0 Å². The third-order valence-corrected chi connectivity index (χ3v) is 7.11. The molecule has 208 valence electrons. The number of aliphatic carboxylic acids is 1. The second-order valence-electron chi connectivity index (χ2n) is 9.45. The van der Waals surface area contributed by atoms with Gasteiger partial charge in [0.15, 0.2) is 23.0 Å². The lowest BCUT2D eigenvalue weighted by Crippen LogP contribution is -2.37. The number of carbonyl (C=O) groups is 1. The molecule has 1 atom stereocenters. The van der Waals surface area contributed by atoms with Crippen LogP contribution in [0, 0.1) is 0 Å². The molecule has 0 aliphatic carbocycles. The van der Waals surface area contributed by atoms with Crippen molar-refractivity contribution in [2.45, 2.75) is 31.7 Å². The molecular weight excluding hydrogens is 498 g/mol. The van der Waals surface area contributed by atoms with E-state index in [1.807, 2.05) is 36.4 Å². The van der Waals surface area contributed by atoms with Gasteiger partial charge in [0.2, 0.25) is 0 Å². The predicted octanol–water partition coefficient (Wildman–Crippen LogP) is 5.15. The van der Waals surface area contributed by atoms with E-state index in [0.29, 0.717) is 30.3 Å². The molecule has 8 nitrogen and oxygen atoms in total. The summed E-state index contributed by atoms with van der Waals surface area (Å²) in [5.74, 6) is 2.82. The number of fused-ring (bicyclic) bond motifs is 1. The van der Waals surface area contributed by atoms with Crippen LogP contribution in [0.1, 0.15) is 41.1 Å². The Bertz CT molecular complexity index is 1260. The topological polar surface area (TPSA) is 86.7 Å². The Labute approximate surface area is 230 Å². The zero-order chi connectivity index (χ0) is 27.8. The summed E-state index contributed by atoms with van der Waals surface area (Å²) in [5.41, 5.74) is 4.52. The van der Waals surface area contributed by atoms with Gasteiger partial charge in [-0.05, 0) is 77.9 Å². The van der Waals surface area contributed by atoms with Gasteiger partial charge in [0.1, 0.15) is 5.75 Å². The second-order valence-corrected chi connectivity index (χ2v) is 9.45. The molecule has 0 bridgehead atoms. The van der Waals surface area contributed by atoms with Crippen molar-refractivity contribution in [2.24, 2.45) is 0 Å². The molecular formula is C31H37NO7. The molecule has 3 aromatic rings. The Morgan fingerprint density at radius 1 is 0.872 bits per heavy atom. The fourth-order valence-electron chi connectivity index (χ4n) is 5.11. The lowest BCUT2D eigenvalue weighted by atomic mass is 9.87. The first-order chi connectivity index (χ1) is 19.0. The van der Waals surface area contributed by atoms with Crippen molar-refractivity contribution in [3.8, 4) is 28.7 Å². The van der Waals surface area contributed by atoms with E-state index in [4.69, 9.17) is 28.8 Å². The molecule has 1 aliphatic heterocycles. The minimum absolute atomic E-state index is 0.00174. The van der Waals surface area contributed by atoms with Gasteiger partial charge >= 0.3 is 5.97 Å². The summed E-state index contributed by atoms with van der Waals surface area (Å²) in [5, 5.41) is 8.87. The highest BCUT2D eigenvalue weighted by atomic mass is 16.5. The Hall–Kier alpha value is -3.91. The lowest BCUT2D eigenvalue weighted by Gasteiger charge is -2.38. The van der Waals surface area contributed by atoms with Crippen LogP contribution in [0.15, 0.2) is 54.6 Å². The van der Waals surface area contributed by atoms with Crippen LogP contribution in [0.4, 0.5) is 0 Å². The number of carboxylic acid groups (broad SMARTS) is 1. The summed E-state index contributed by atoms with van der Waals surface area (Å²) in [6, 6.07) is 17.9. The Balaban J connectivity index is 1.51. The van der Waals surface area contributed by atoms with E-state index < -0.39 is 5.97 Å². The summed E-state index contributed by atoms with van der Waals surface area (Å²) in [6.45, 7) is 2.30. The molecule has 1 N–H and O–H groups in total. The number of nitrogens with zero attached hydrogens (tertiary/aromatic N) is 1. The van der Waals surface area contributed by atoms with Gasteiger partial charge in [0.25, 0.3) is 0 Å². The van der Waals surface area contributed by atoms with Crippen LogP contribution in [0.5, 0.6) is 28.7 Å². The number of ether oxygens (including phenoxy) is 5. The van der Waals surface area contributed by atoms with Crippen molar-refractivity contribution in [3.63, 3.8) is 0 Å². The van der Waals surface area contributed by atoms with Gasteiger partial charge in [-0.15, -0.1) is 0 Å². The summed E-state index contributed by atoms with van der Waals surface area (Å²) in [4.78, 5) is 13.3. The number of benzene rings is 3. The molecule has 1 unspecified atom stereocenters. The van der Waals surface area contributed by atoms with Gasteiger partial charge in [0.05, 0.1) is 41.1 Å². The van der Waals surface area contributed by atoms with Gasteiger partial charge in [-0.1, -0.05) is 18.2 Å². The van der Waals surface area contributed by atoms with E-state index >= 15 is 0 Å². The van der Waals surface area contributed by atoms with Crippen LogP contribution in [0.2, 0.25) is 0 Å². The highest BCUT2D eigenvalue weighted by molar-refractivity contribution is 5.67. The van der Waals surface area contributed by atoms with Crippen molar-refractivity contribution in [2.75, 3.05) is 48.1 Å². The number of hydrogen-bond acceptors (Lipinski definition) is 7. The van der Waals surface area contributed by atoms with E-state index in [-0.39, 0.29) is 12.5 Å². The maximum atomic E-state index is 10.8. The van der Waals surface area contributed by atoms with Crippen LogP contribution in [-0.2, 0) is 17.6 Å². The first kappa shape index (κ1) is 28.1. The maximum Gasteiger partial charge on any atom is 0.303 e. The number of aryl methyl sites for hydroxylation is 1. The number of carboxylic acids is 1.